The van der Waals surface area contributed by atoms with Crippen molar-refractivity contribution in [2.75, 3.05) is 0 Å². The smallest absolute Gasteiger partial charge is 0.108 e. The Morgan fingerprint density at radius 3 is 1.89 bits per heavy atom. The van der Waals surface area contributed by atoms with Crippen molar-refractivity contribution in [2.45, 2.75) is 51.1 Å². The predicted molar refractivity (Wildman–Crippen MR) is 37.2 cm³/mol. The zero-order chi connectivity index (χ0) is 6.74. The molecule has 0 aromatic heterocycles. The van der Waals surface area contributed by atoms with E-state index in [4.69, 9.17) is 0 Å². The van der Waals surface area contributed by atoms with E-state index in [-0.39, 0.29) is 0 Å². The second-order valence-electron chi connectivity index (χ2n) is 3.33. The molecule has 0 nitrogen and oxygen atoms in total. The third-order valence-electron chi connectivity index (χ3n) is 2.15. The molecule has 0 atom stereocenters. The summed E-state index contributed by atoms with van der Waals surface area (Å²) in [6.07, 6.45) is 6.22. The van der Waals surface area contributed by atoms with Crippen molar-refractivity contribution in [2.24, 2.45) is 0 Å². The molecule has 0 bridgehead atoms. The van der Waals surface area contributed by atoms with Crippen LogP contribution < -0.4 is 0 Å². The van der Waals surface area contributed by atoms with E-state index in [1.165, 1.54) is 12.8 Å². The first-order valence-corrected chi connectivity index (χ1v) is 3.90. The van der Waals surface area contributed by atoms with Gasteiger partial charge in [-0.05, 0) is 19.8 Å². The SMILES string of the molecule is CC1(F)CCCCCC1. The van der Waals surface area contributed by atoms with Crippen molar-refractivity contribution < 1.29 is 4.39 Å². The summed E-state index contributed by atoms with van der Waals surface area (Å²) in [5, 5.41) is 0. The lowest BCUT2D eigenvalue weighted by Crippen LogP contribution is -2.15. The Bertz CT molecular complexity index is 76.6. The molecule has 1 fully saturated rings. The quantitative estimate of drug-likeness (QED) is 0.442. The third kappa shape index (κ3) is 2.33. The minimum absolute atomic E-state index is 0.785. The van der Waals surface area contributed by atoms with Gasteiger partial charge in [-0.1, -0.05) is 25.7 Å². The fraction of sp³-hybridized carbons (Fsp3) is 1.00. The van der Waals surface area contributed by atoms with Crippen LogP contribution in [0.3, 0.4) is 0 Å². The molecular formula is C8H15F. The minimum atomic E-state index is -0.837. The molecular weight excluding hydrogens is 115 g/mol. The maximum absolute atomic E-state index is 13.1. The molecule has 1 saturated carbocycles. The van der Waals surface area contributed by atoms with E-state index < -0.39 is 5.67 Å². The Labute approximate surface area is 56.5 Å². The first-order chi connectivity index (χ1) is 4.21. The fourth-order valence-corrected chi connectivity index (χ4v) is 1.47. The van der Waals surface area contributed by atoms with Crippen LogP contribution in [-0.4, -0.2) is 5.67 Å². The van der Waals surface area contributed by atoms with Gasteiger partial charge in [0.05, 0.1) is 0 Å². The van der Waals surface area contributed by atoms with Crippen molar-refractivity contribution in [1.82, 2.24) is 0 Å². The van der Waals surface area contributed by atoms with Gasteiger partial charge in [-0.3, -0.25) is 0 Å². The van der Waals surface area contributed by atoms with Crippen LogP contribution >= 0.6 is 0 Å². The van der Waals surface area contributed by atoms with Crippen LogP contribution in [-0.2, 0) is 0 Å². The van der Waals surface area contributed by atoms with E-state index in [1.807, 2.05) is 0 Å². The number of rotatable bonds is 0. The van der Waals surface area contributed by atoms with Gasteiger partial charge in [-0.15, -0.1) is 0 Å². The summed E-state index contributed by atoms with van der Waals surface area (Å²) in [6, 6.07) is 0. The summed E-state index contributed by atoms with van der Waals surface area (Å²) in [5.74, 6) is 0. The molecule has 1 aliphatic carbocycles. The Kier molecular flexibility index (Phi) is 2.09. The number of halogens is 1. The van der Waals surface area contributed by atoms with E-state index in [0.717, 1.165) is 25.7 Å². The maximum Gasteiger partial charge on any atom is 0.108 e. The molecule has 1 rings (SSSR count). The molecule has 0 heterocycles. The Balaban J connectivity index is 2.36. The molecule has 9 heavy (non-hydrogen) atoms. The van der Waals surface area contributed by atoms with Gasteiger partial charge in [-0.2, -0.15) is 0 Å². The van der Waals surface area contributed by atoms with Crippen molar-refractivity contribution >= 4 is 0 Å². The highest BCUT2D eigenvalue weighted by molar-refractivity contribution is 4.75. The summed E-state index contributed by atoms with van der Waals surface area (Å²) in [6.45, 7) is 1.73. The lowest BCUT2D eigenvalue weighted by atomic mass is 10.00. The molecule has 0 aromatic carbocycles. The van der Waals surface area contributed by atoms with Gasteiger partial charge < -0.3 is 0 Å². The Hall–Kier alpha value is -0.0700. The zero-order valence-corrected chi connectivity index (χ0v) is 6.12. The van der Waals surface area contributed by atoms with Gasteiger partial charge in [0, 0.05) is 0 Å². The van der Waals surface area contributed by atoms with Crippen LogP contribution in [0.5, 0.6) is 0 Å². The maximum atomic E-state index is 13.1. The van der Waals surface area contributed by atoms with E-state index in [0.29, 0.717) is 0 Å². The average molecular weight is 130 g/mol. The van der Waals surface area contributed by atoms with Crippen LogP contribution in [0.15, 0.2) is 0 Å². The normalized spacial score (nSPS) is 27.3. The average Bonchev–Trinajstić information content (AvgIpc) is 1.92. The lowest BCUT2D eigenvalue weighted by Gasteiger charge is -2.15. The second-order valence-corrected chi connectivity index (χ2v) is 3.33. The molecule has 54 valence electrons. The van der Waals surface area contributed by atoms with E-state index in [1.54, 1.807) is 6.92 Å². The standard InChI is InChI=1S/C8H15F/c1-8(9)6-4-2-3-5-7-8/h2-7H2,1H3. The van der Waals surface area contributed by atoms with Crippen molar-refractivity contribution in [3.05, 3.63) is 0 Å². The van der Waals surface area contributed by atoms with Crippen molar-refractivity contribution in [3.63, 3.8) is 0 Å². The van der Waals surface area contributed by atoms with Gasteiger partial charge in [-0.25, -0.2) is 4.39 Å². The number of alkyl halides is 1. The molecule has 0 N–H and O–H groups in total. The van der Waals surface area contributed by atoms with Crippen LogP contribution in [0.1, 0.15) is 45.4 Å². The van der Waals surface area contributed by atoms with E-state index in [2.05, 4.69) is 0 Å². The van der Waals surface area contributed by atoms with E-state index >= 15 is 0 Å². The summed E-state index contributed by atoms with van der Waals surface area (Å²) in [7, 11) is 0. The zero-order valence-electron chi connectivity index (χ0n) is 6.12. The van der Waals surface area contributed by atoms with Crippen LogP contribution in [0.2, 0.25) is 0 Å². The highest BCUT2D eigenvalue weighted by Gasteiger charge is 2.23. The molecule has 0 unspecified atom stereocenters. The van der Waals surface area contributed by atoms with Crippen molar-refractivity contribution in [1.29, 1.82) is 0 Å². The van der Waals surface area contributed by atoms with Crippen LogP contribution in [0.4, 0.5) is 4.39 Å². The molecule has 0 radical (unpaired) electrons. The Morgan fingerprint density at radius 2 is 1.44 bits per heavy atom. The van der Waals surface area contributed by atoms with Gasteiger partial charge in [0.2, 0.25) is 0 Å². The minimum Gasteiger partial charge on any atom is -0.244 e. The summed E-state index contributed by atoms with van der Waals surface area (Å²) >= 11 is 0. The fourth-order valence-electron chi connectivity index (χ4n) is 1.47. The summed E-state index contributed by atoms with van der Waals surface area (Å²) in [4.78, 5) is 0. The highest BCUT2D eigenvalue weighted by Crippen LogP contribution is 2.29. The molecule has 0 aromatic rings. The molecule has 0 saturated heterocycles. The summed E-state index contributed by atoms with van der Waals surface area (Å²) < 4.78 is 13.1. The van der Waals surface area contributed by atoms with Crippen LogP contribution in [0.25, 0.3) is 0 Å². The highest BCUT2D eigenvalue weighted by atomic mass is 19.1. The van der Waals surface area contributed by atoms with Gasteiger partial charge in [0.1, 0.15) is 5.67 Å². The second kappa shape index (κ2) is 2.68. The number of hydrogen-bond donors (Lipinski definition) is 0. The third-order valence-corrected chi connectivity index (χ3v) is 2.15. The van der Waals surface area contributed by atoms with E-state index in [9.17, 15) is 4.39 Å². The molecule has 1 aliphatic rings. The molecule has 0 spiro atoms. The largest absolute Gasteiger partial charge is 0.244 e. The monoisotopic (exact) mass is 130 g/mol. The van der Waals surface area contributed by atoms with Gasteiger partial charge in [0.15, 0.2) is 0 Å². The summed E-state index contributed by atoms with van der Waals surface area (Å²) in [5.41, 5.74) is -0.837. The predicted octanol–water partition coefficient (Wildman–Crippen LogP) is 3.07. The number of hydrogen-bond acceptors (Lipinski definition) is 0. The molecule has 0 amide bonds. The first kappa shape index (κ1) is 7.04. The first-order valence-electron chi connectivity index (χ1n) is 3.90. The van der Waals surface area contributed by atoms with Crippen LogP contribution in [0, 0.1) is 0 Å². The Morgan fingerprint density at radius 1 is 1.00 bits per heavy atom. The molecule has 1 heteroatoms. The van der Waals surface area contributed by atoms with Gasteiger partial charge in [0.25, 0.3) is 0 Å². The van der Waals surface area contributed by atoms with Crippen molar-refractivity contribution in [3.8, 4) is 0 Å². The molecule has 0 aliphatic heterocycles. The lowest BCUT2D eigenvalue weighted by molar-refractivity contribution is 0.165. The van der Waals surface area contributed by atoms with Gasteiger partial charge >= 0.3 is 0 Å². The topological polar surface area (TPSA) is 0 Å².